The molecule has 1 atom stereocenters. The van der Waals surface area contributed by atoms with E-state index < -0.39 is 24.4 Å². The Morgan fingerprint density at radius 1 is 1.19 bits per heavy atom. The number of rotatable bonds is 6. The van der Waals surface area contributed by atoms with Gasteiger partial charge in [-0.3, -0.25) is 0 Å². The number of aliphatic carboxylic acids is 2. The fourth-order valence-corrected chi connectivity index (χ4v) is 1.24. The molecule has 0 saturated carbocycles. The fourth-order valence-electron chi connectivity index (χ4n) is 1.24. The highest BCUT2D eigenvalue weighted by Crippen LogP contribution is 1.99. The lowest BCUT2D eigenvalue weighted by Gasteiger charge is -2.20. The van der Waals surface area contributed by atoms with Crippen LogP contribution in [0.25, 0.3) is 0 Å². The predicted octanol–water partition coefficient (Wildman–Crippen LogP) is -1.97. The van der Waals surface area contributed by atoms with E-state index in [9.17, 15) is 19.8 Å². The Labute approximate surface area is 92.7 Å². The second-order valence-electron chi connectivity index (χ2n) is 3.31. The zero-order valence-electron chi connectivity index (χ0n) is 8.51. The maximum absolute atomic E-state index is 10.6. The molecule has 0 aromatic heterocycles. The molecule has 1 unspecified atom stereocenters. The average Bonchev–Trinajstić information content (AvgIpc) is 2.25. The standard InChI is InChI=1S/C11H13NO4/c13-10(14)6-9(11(15)16)12-7-8-4-2-1-3-5-8/h1-5,9,12H,6-7H2,(H,13,14)(H,15,16)/p-2. The number of nitrogens with one attached hydrogen (secondary N) is 1. The normalized spacial score (nSPS) is 12.0. The molecule has 5 heteroatoms. The first-order valence-corrected chi connectivity index (χ1v) is 4.77. The molecule has 5 nitrogen and oxygen atoms in total. The van der Waals surface area contributed by atoms with Crippen molar-refractivity contribution >= 4 is 11.9 Å². The van der Waals surface area contributed by atoms with Crippen molar-refractivity contribution in [2.24, 2.45) is 0 Å². The summed E-state index contributed by atoms with van der Waals surface area (Å²) in [6.07, 6.45) is -0.602. The van der Waals surface area contributed by atoms with Crippen LogP contribution in [0, 0.1) is 0 Å². The Bertz CT molecular complexity index is 364. The first kappa shape index (κ1) is 12.2. The zero-order chi connectivity index (χ0) is 12.0. The first-order valence-electron chi connectivity index (χ1n) is 4.77. The van der Waals surface area contributed by atoms with Gasteiger partial charge in [-0.1, -0.05) is 30.3 Å². The molecular weight excluding hydrogens is 210 g/mol. The molecule has 1 aromatic carbocycles. The minimum absolute atomic E-state index is 0.271. The number of carbonyl (C=O) groups is 2. The van der Waals surface area contributed by atoms with Crippen LogP contribution in [0.15, 0.2) is 30.3 Å². The van der Waals surface area contributed by atoms with Gasteiger partial charge < -0.3 is 25.1 Å². The number of hydrogen-bond donors (Lipinski definition) is 1. The Hall–Kier alpha value is -1.88. The van der Waals surface area contributed by atoms with Gasteiger partial charge in [-0.15, -0.1) is 0 Å². The van der Waals surface area contributed by atoms with Crippen molar-refractivity contribution in [3.8, 4) is 0 Å². The van der Waals surface area contributed by atoms with Crippen LogP contribution in [0.2, 0.25) is 0 Å². The molecule has 1 rings (SSSR count). The lowest BCUT2D eigenvalue weighted by molar-refractivity contribution is -0.317. The van der Waals surface area contributed by atoms with Crippen LogP contribution in [0.5, 0.6) is 0 Å². The summed E-state index contributed by atoms with van der Waals surface area (Å²) in [4.78, 5) is 20.9. The lowest BCUT2D eigenvalue weighted by Crippen LogP contribution is -2.48. The molecule has 0 aliphatic heterocycles. The van der Waals surface area contributed by atoms with Gasteiger partial charge in [0.05, 0.1) is 12.0 Å². The van der Waals surface area contributed by atoms with E-state index in [4.69, 9.17) is 0 Å². The Balaban J connectivity index is 2.50. The summed E-state index contributed by atoms with van der Waals surface area (Å²) in [5.41, 5.74) is 0.868. The fraction of sp³-hybridized carbons (Fsp3) is 0.273. The molecule has 0 aliphatic carbocycles. The molecule has 86 valence electrons. The van der Waals surface area contributed by atoms with Crippen molar-refractivity contribution in [3.63, 3.8) is 0 Å². The van der Waals surface area contributed by atoms with Crippen molar-refractivity contribution in [2.45, 2.75) is 19.0 Å². The van der Waals surface area contributed by atoms with E-state index in [2.05, 4.69) is 5.32 Å². The van der Waals surface area contributed by atoms with Gasteiger partial charge in [-0.05, 0) is 5.56 Å². The molecule has 0 fully saturated rings. The maximum Gasteiger partial charge on any atom is 0.0588 e. The number of carboxylic acids is 2. The summed E-state index contributed by atoms with van der Waals surface area (Å²) in [6, 6.07) is 7.83. The van der Waals surface area contributed by atoms with Crippen LogP contribution in [0.4, 0.5) is 0 Å². The van der Waals surface area contributed by atoms with Gasteiger partial charge in [0.25, 0.3) is 0 Å². The highest BCUT2D eigenvalue weighted by Gasteiger charge is 2.09. The van der Waals surface area contributed by atoms with Crippen LogP contribution in [-0.2, 0) is 16.1 Å². The summed E-state index contributed by atoms with van der Waals surface area (Å²) < 4.78 is 0. The number of hydrogen-bond acceptors (Lipinski definition) is 5. The van der Waals surface area contributed by atoms with E-state index in [0.717, 1.165) is 5.56 Å². The molecule has 16 heavy (non-hydrogen) atoms. The Morgan fingerprint density at radius 3 is 2.31 bits per heavy atom. The van der Waals surface area contributed by atoms with Gasteiger partial charge in [0, 0.05) is 18.9 Å². The van der Waals surface area contributed by atoms with Gasteiger partial charge in [-0.2, -0.15) is 0 Å². The Morgan fingerprint density at radius 2 is 1.81 bits per heavy atom. The third-order valence-electron chi connectivity index (χ3n) is 2.05. The summed E-state index contributed by atoms with van der Waals surface area (Å²) in [7, 11) is 0. The number of carboxylic acid groups (broad SMARTS) is 2. The molecule has 0 aliphatic rings. The van der Waals surface area contributed by atoms with E-state index in [-0.39, 0.29) is 6.54 Å². The van der Waals surface area contributed by atoms with Gasteiger partial charge >= 0.3 is 0 Å². The minimum atomic E-state index is -1.44. The third-order valence-corrected chi connectivity index (χ3v) is 2.05. The molecule has 0 bridgehead atoms. The minimum Gasteiger partial charge on any atom is -0.550 e. The smallest absolute Gasteiger partial charge is 0.0588 e. The monoisotopic (exact) mass is 221 g/mol. The second kappa shape index (κ2) is 5.87. The van der Waals surface area contributed by atoms with Crippen LogP contribution in [-0.4, -0.2) is 18.0 Å². The highest BCUT2D eigenvalue weighted by atomic mass is 16.4. The number of carbonyl (C=O) groups excluding carboxylic acids is 2. The molecule has 1 N–H and O–H groups in total. The quantitative estimate of drug-likeness (QED) is 0.601. The molecule has 0 spiro atoms. The SMILES string of the molecule is O=C([O-])CC(NCc1ccccc1)C(=O)[O-]. The Kier molecular flexibility index (Phi) is 4.47. The largest absolute Gasteiger partial charge is 0.550 e. The number of benzene rings is 1. The second-order valence-corrected chi connectivity index (χ2v) is 3.31. The lowest BCUT2D eigenvalue weighted by atomic mass is 10.1. The van der Waals surface area contributed by atoms with Crippen molar-refractivity contribution in [1.29, 1.82) is 0 Å². The van der Waals surface area contributed by atoms with Gasteiger partial charge in [0.15, 0.2) is 0 Å². The van der Waals surface area contributed by atoms with Gasteiger partial charge in [-0.25, -0.2) is 0 Å². The highest BCUT2D eigenvalue weighted by molar-refractivity contribution is 5.78. The van der Waals surface area contributed by atoms with Crippen LogP contribution in [0.1, 0.15) is 12.0 Å². The van der Waals surface area contributed by atoms with Crippen LogP contribution < -0.4 is 15.5 Å². The van der Waals surface area contributed by atoms with Crippen molar-refractivity contribution in [1.82, 2.24) is 5.32 Å². The topological polar surface area (TPSA) is 92.3 Å². The summed E-state index contributed by atoms with van der Waals surface area (Å²) in [5.74, 6) is -2.87. The average molecular weight is 221 g/mol. The molecular formula is C11H11NO4-2. The van der Waals surface area contributed by atoms with Gasteiger partial charge in [0.1, 0.15) is 0 Å². The first-order chi connectivity index (χ1) is 7.59. The summed E-state index contributed by atoms with van der Waals surface area (Å²) in [6.45, 7) is 0.271. The summed E-state index contributed by atoms with van der Waals surface area (Å²) >= 11 is 0. The van der Waals surface area contributed by atoms with Crippen molar-refractivity contribution in [2.75, 3.05) is 0 Å². The van der Waals surface area contributed by atoms with E-state index in [0.29, 0.717) is 0 Å². The van der Waals surface area contributed by atoms with E-state index in [1.807, 2.05) is 18.2 Å². The predicted molar refractivity (Wildman–Crippen MR) is 51.7 cm³/mol. The van der Waals surface area contributed by atoms with E-state index in [1.165, 1.54) is 0 Å². The van der Waals surface area contributed by atoms with E-state index in [1.54, 1.807) is 12.1 Å². The molecule has 0 saturated heterocycles. The molecule has 0 radical (unpaired) electrons. The molecule has 0 heterocycles. The van der Waals surface area contributed by atoms with Gasteiger partial charge in [0.2, 0.25) is 0 Å². The summed E-state index contributed by atoms with van der Waals surface area (Å²) in [5, 5.41) is 23.5. The molecule has 0 amide bonds. The maximum atomic E-state index is 10.6. The van der Waals surface area contributed by atoms with Crippen molar-refractivity contribution < 1.29 is 19.8 Å². The van der Waals surface area contributed by atoms with Crippen LogP contribution >= 0.6 is 0 Å². The van der Waals surface area contributed by atoms with E-state index >= 15 is 0 Å². The van der Waals surface area contributed by atoms with Crippen molar-refractivity contribution in [3.05, 3.63) is 35.9 Å². The molecule has 1 aromatic rings. The van der Waals surface area contributed by atoms with Crippen LogP contribution in [0.3, 0.4) is 0 Å². The zero-order valence-corrected chi connectivity index (χ0v) is 8.51. The third kappa shape index (κ3) is 4.10.